The van der Waals surface area contributed by atoms with Crippen LogP contribution in [-0.2, 0) is 21.7 Å². The number of urea groups is 1. The van der Waals surface area contributed by atoms with Gasteiger partial charge in [0.2, 0.25) is 11.8 Å². The maximum Gasteiger partial charge on any atom is 0.321 e. The molecule has 0 bridgehead atoms. The fraction of sp³-hybridized carbons (Fsp3) is 0.484. The molecule has 2 saturated carbocycles. The van der Waals surface area contributed by atoms with Crippen molar-refractivity contribution >= 4 is 51.1 Å². The number of amides is 5. The lowest BCUT2D eigenvalue weighted by atomic mass is 9.80. The molecular formula is C31H34N6O5S. The number of imide groups is 1. The van der Waals surface area contributed by atoms with Crippen molar-refractivity contribution in [3.05, 3.63) is 46.1 Å². The molecule has 3 N–H and O–H groups in total. The molecule has 0 spiro atoms. The zero-order valence-corrected chi connectivity index (χ0v) is 25.0. The number of hydrogen-bond donors (Lipinski definition) is 3. The molecule has 7 rings (SSSR count). The van der Waals surface area contributed by atoms with Gasteiger partial charge < -0.3 is 15.0 Å². The van der Waals surface area contributed by atoms with Gasteiger partial charge in [-0.1, -0.05) is 6.42 Å². The number of nitrogens with one attached hydrogen (secondary N) is 3. The van der Waals surface area contributed by atoms with E-state index >= 15 is 0 Å². The second-order valence-corrected chi connectivity index (χ2v) is 13.1. The predicted molar refractivity (Wildman–Crippen MR) is 160 cm³/mol. The van der Waals surface area contributed by atoms with Crippen LogP contribution in [0.25, 0.3) is 10.2 Å². The van der Waals surface area contributed by atoms with Crippen molar-refractivity contribution in [2.45, 2.75) is 82.8 Å². The number of pyridine rings is 1. The monoisotopic (exact) mass is 602 g/mol. The lowest BCUT2D eigenvalue weighted by molar-refractivity contribution is -0.136. The van der Waals surface area contributed by atoms with Crippen molar-refractivity contribution in [2.75, 3.05) is 11.9 Å². The Hall–Kier alpha value is -4.06. The fourth-order valence-electron chi connectivity index (χ4n) is 6.36. The molecule has 11 nitrogen and oxygen atoms in total. The molecule has 2 aliphatic heterocycles. The van der Waals surface area contributed by atoms with Crippen LogP contribution in [-0.4, -0.2) is 51.3 Å². The summed E-state index contributed by atoms with van der Waals surface area (Å²) < 4.78 is 7.09. The number of aromatic nitrogens is 2. The summed E-state index contributed by atoms with van der Waals surface area (Å²) in [5, 5.41) is 9.19. The molecule has 3 aromatic rings. The Kier molecular flexibility index (Phi) is 6.83. The van der Waals surface area contributed by atoms with Gasteiger partial charge >= 0.3 is 6.03 Å². The van der Waals surface area contributed by atoms with Crippen molar-refractivity contribution in [3.63, 3.8) is 0 Å². The van der Waals surface area contributed by atoms with E-state index in [0.29, 0.717) is 29.6 Å². The minimum Gasteiger partial charge on any atom is -0.492 e. The minimum atomic E-state index is -0.722. The lowest BCUT2D eigenvalue weighted by Gasteiger charge is -2.29. The molecule has 1 aromatic carbocycles. The number of ether oxygens (including phenoxy) is 1. The predicted octanol–water partition coefficient (Wildman–Crippen LogP) is 4.57. The standard InChI is InChI=1S/C31H34N6O5S/c1-3-42-22-13-17(16-5-4-6-16)14-23-26(22)35-29(43-23)31(2,18-7-8-18)36-30(41)33-24-11-9-19-20(32-24)15-37(28(19)40)21-10-12-25(38)34-27(21)39/h9,11,13-14,16,18,21H,3-8,10,12,15H2,1-2H3,(H,34,38,39)(H2,32,33,36,41)/t21?,31-/m0/s1. The third-order valence-corrected chi connectivity index (χ3v) is 10.4. The van der Waals surface area contributed by atoms with Crippen LogP contribution in [0.1, 0.15) is 91.3 Å². The summed E-state index contributed by atoms with van der Waals surface area (Å²) in [5.74, 6) is 0.815. The molecular weight excluding hydrogens is 568 g/mol. The maximum atomic E-state index is 13.4. The molecule has 2 aromatic heterocycles. The van der Waals surface area contributed by atoms with Gasteiger partial charge in [-0.15, -0.1) is 11.3 Å². The number of fused-ring (bicyclic) bond motifs is 2. The quantitative estimate of drug-likeness (QED) is 0.321. The molecule has 0 radical (unpaired) electrons. The smallest absolute Gasteiger partial charge is 0.321 e. The zero-order valence-electron chi connectivity index (χ0n) is 24.2. The van der Waals surface area contributed by atoms with Gasteiger partial charge in [0.25, 0.3) is 5.91 Å². The number of nitrogens with zero attached hydrogens (tertiary/aromatic N) is 3. The summed E-state index contributed by atoms with van der Waals surface area (Å²) in [5.41, 5.74) is 2.33. The number of thiazole rings is 1. The van der Waals surface area contributed by atoms with Crippen molar-refractivity contribution in [3.8, 4) is 5.75 Å². The fourth-order valence-corrected chi connectivity index (χ4v) is 7.58. The lowest BCUT2D eigenvalue weighted by Crippen LogP contribution is -2.52. The number of piperidine rings is 1. The van der Waals surface area contributed by atoms with E-state index in [1.807, 2.05) is 13.8 Å². The number of hydrogen-bond acceptors (Lipinski definition) is 8. The van der Waals surface area contributed by atoms with Gasteiger partial charge in [-0.05, 0) is 87.6 Å². The number of carbonyl (C=O) groups is 4. The number of anilines is 1. The SMILES string of the molecule is CCOc1cc(C2CCC2)cc2sc([C@@](C)(NC(=O)Nc3ccc4c(n3)CN(C3CCC(=O)NC3=O)C4=O)C3CC3)nc12. The van der Waals surface area contributed by atoms with E-state index < -0.39 is 23.5 Å². The Bertz CT molecular complexity index is 1660. The van der Waals surface area contributed by atoms with E-state index in [-0.39, 0.29) is 37.1 Å². The van der Waals surface area contributed by atoms with Crippen molar-refractivity contribution in [1.29, 1.82) is 0 Å². The Morgan fingerprint density at radius 1 is 1.14 bits per heavy atom. The van der Waals surface area contributed by atoms with Gasteiger partial charge in [0.15, 0.2) is 0 Å². The number of rotatable bonds is 8. The molecule has 12 heteroatoms. The summed E-state index contributed by atoms with van der Waals surface area (Å²) in [6.07, 6.45) is 6.10. The summed E-state index contributed by atoms with van der Waals surface area (Å²) in [4.78, 5) is 61.3. The van der Waals surface area contributed by atoms with E-state index in [1.165, 1.54) is 29.7 Å². The summed E-state index contributed by atoms with van der Waals surface area (Å²) in [7, 11) is 0. The Morgan fingerprint density at radius 2 is 1.95 bits per heavy atom. The van der Waals surface area contributed by atoms with Crippen molar-refractivity contribution in [2.24, 2.45) is 5.92 Å². The molecule has 224 valence electrons. The highest BCUT2D eigenvalue weighted by atomic mass is 32.1. The van der Waals surface area contributed by atoms with E-state index in [0.717, 1.165) is 33.8 Å². The van der Waals surface area contributed by atoms with Crippen LogP contribution in [0.3, 0.4) is 0 Å². The average Bonchev–Trinajstić information content (AvgIpc) is 3.63. The Labute approximate surface area is 252 Å². The van der Waals surface area contributed by atoms with E-state index in [4.69, 9.17) is 9.72 Å². The maximum absolute atomic E-state index is 13.4. The largest absolute Gasteiger partial charge is 0.492 e. The second-order valence-electron chi connectivity index (χ2n) is 12.1. The molecule has 4 heterocycles. The van der Waals surface area contributed by atoms with Crippen LogP contribution < -0.4 is 20.7 Å². The van der Waals surface area contributed by atoms with E-state index in [1.54, 1.807) is 23.5 Å². The Morgan fingerprint density at radius 3 is 2.65 bits per heavy atom. The summed E-state index contributed by atoms with van der Waals surface area (Å²) >= 11 is 1.61. The van der Waals surface area contributed by atoms with Crippen molar-refractivity contribution in [1.82, 2.24) is 25.5 Å². The molecule has 3 fully saturated rings. The van der Waals surface area contributed by atoms with Gasteiger partial charge in [-0.25, -0.2) is 14.8 Å². The van der Waals surface area contributed by atoms with Gasteiger partial charge in [0.1, 0.15) is 28.1 Å². The number of benzene rings is 1. The summed E-state index contributed by atoms with van der Waals surface area (Å²) in [6.45, 7) is 4.70. The highest BCUT2D eigenvalue weighted by molar-refractivity contribution is 7.18. The van der Waals surface area contributed by atoms with Crippen LogP contribution in [0.15, 0.2) is 24.3 Å². The molecule has 5 amide bonds. The zero-order chi connectivity index (χ0) is 29.9. The first-order valence-corrected chi connectivity index (χ1v) is 15.9. The first-order chi connectivity index (χ1) is 20.7. The molecule has 4 aliphatic rings. The molecule has 2 atom stereocenters. The van der Waals surface area contributed by atoms with Crippen molar-refractivity contribution < 1.29 is 23.9 Å². The van der Waals surface area contributed by atoms with E-state index in [2.05, 4.69) is 33.1 Å². The molecule has 43 heavy (non-hydrogen) atoms. The molecule has 2 aliphatic carbocycles. The normalized spacial score (nSPS) is 21.7. The highest BCUT2D eigenvalue weighted by Gasteiger charge is 2.47. The average molecular weight is 603 g/mol. The van der Waals surface area contributed by atoms with Crippen LogP contribution in [0.4, 0.5) is 10.6 Å². The topological polar surface area (TPSA) is 143 Å². The number of carbonyl (C=O) groups excluding carboxylic acids is 4. The third kappa shape index (κ3) is 5.01. The van der Waals surface area contributed by atoms with Gasteiger partial charge in [-0.2, -0.15) is 0 Å². The molecule has 1 saturated heterocycles. The van der Waals surface area contributed by atoms with Crippen LogP contribution >= 0.6 is 11.3 Å². The van der Waals surface area contributed by atoms with Gasteiger partial charge in [-0.3, -0.25) is 25.0 Å². The second kappa shape index (κ2) is 10.6. The first-order valence-electron chi connectivity index (χ1n) is 15.0. The van der Waals surface area contributed by atoms with Gasteiger partial charge in [0.05, 0.1) is 34.6 Å². The first kappa shape index (κ1) is 27.8. The van der Waals surface area contributed by atoms with Gasteiger partial charge in [0, 0.05) is 6.42 Å². The molecule has 1 unspecified atom stereocenters. The van der Waals surface area contributed by atoms with Crippen LogP contribution in [0.2, 0.25) is 0 Å². The third-order valence-electron chi connectivity index (χ3n) is 9.18. The minimum absolute atomic E-state index is 0.133. The van der Waals surface area contributed by atoms with Crippen LogP contribution in [0.5, 0.6) is 5.75 Å². The van der Waals surface area contributed by atoms with Crippen LogP contribution in [0, 0.1) is 5.92 Å². The highest BCUT2D eigenvalue weighted by Crippen LogP contribution is 2.49. The van der Waals surface area contributed by atoms with E-state index in [9.17, 15) is 19.2 Å². The summed E-state index contributed by atoms with van der Waals surface area (Å²) in [6, 6.07) is 6.46. The Balaban J connectivity index is 1.10.